The van der Waals surface area contributed by atoms with Gasteiger partial charge in [0.1, 0.15) is 19.3 Å². The van der Waals surface area contributed by atoms with Gasteiger partial charge < -0.3 is 33.8 Å². The van der Waals surface area contributed by atoms with E-state index in [9.17, 15) is 43.2 Å². The molecule has 0 bridgehead atoms. The van der Waals surface area contributed by atoms with Crippen LogP contribution in [0.25, 0.3) is 0 Å². The van der Waals surface area contributed by atoms with Gasteiger partial charge in [-0.2, -0.15) is 0 Å². The topological polar surface area (TPSA) is 237 Å². The minimum absolute atomic E-state index is 0.0172. The van der Waals surface area contributed by atoms with Gasteiger partial charge in [-0.05, 0) is 122 Å². The number of hydrogen-bond acceptors (Lipinski definition) is 15. The number of unbranched alkanes of at least 4 members (excludes halogenated alkanes) is 33. The van der Waals surface area contributed by atoms with Crippen LogP contribution in [0.5, 0.6) is 0 Å². The Labute approximate surface area is 595 Å². The smallest absolute Gasteiger partial charge is 0.462 e. The highest BCUT2D eigenvalue weighted by Gasteiger charge is 2.30. The van der Waals surface area contributed by atoms with E-state index in [1.54, 1.807) is 0 Å². The van der Waals surface area contributed by atoms with Gasteiger partial charge in [0.2, 0.25) is 0 Å². The Morgan fingerprint density at radius 1 is 0.286 bits per heavy atom. The van der Waals surface area contributed by atoms with E-state index in [0.717, 1.165) is 135 Å². The molecule has 0 aromatic rings. The fraction of sp³-hybridized carbons (Fsp3) is 0.772. The summed E-state index contributed by atoms with van der Waals surface area (Å²) in [5.41, 5.74) is 0. The maximum Gasteiger partial charge on any atom is 0.472 e. The predicted octanol–water partition coefficient (Wildman–Crippen LogP) is 22.2. The van der Waals surface area contributed by atoms with E-state index in [1.807, 2.05) is 12.2 Å². The number of phosphoric ester groups is 2. The van der Waals surface area contributed by atoms with Gasteiger partial charge in [-0.15, -0.1) is 0 Å². The fourth-order valence-electron chi connectivity index (χ4n) is 10.4. The first-order chi connectivity index (χ1) is 47.7. The number of rotatable bonds is 73. The summed E-state index contributed by atoms with van der Waals surface area (Å²) < 4.78 is 68.4. The third-order valence-corrected chi connectivity index (χ3v) is 18.2. The van der Waals surface area contributed by atoms with Gasteiger partial charge in [-0.3, -0.25) is 37.3 Å². The highest BCUT2D eigenvalue weighted by molar-refractivity contribution is 7.47. The lowest BCUT2D eigenvalue weighted by atomic mass is 10.0. The number of allylic oxidation sites excluding steroid dienone is 14. The van der Waals surface area contributed by atoms with Crippen LogP contribution in [0.3, 0.4) is 0 Å². The Kier molecular flexibility index (Phi) is 68.9. The molecule has 19 heteroatoms. The van der Waals surface area contributed by atoms with Crippen molar-refractivity contribution < 1.29 is 80.2 Å². The summed E-state index contributed by atoms with van der Waals surface area (Å²) >= 11 is 0. The molecule has 0 spiro atoms. The molecular formula is C79H140O17P2. The van der Waals surface area contributed by atoms with E-state index in [1.165, 1.54) is 116 Å². The van der Waals surface area contributed by atoms with E-state index in [0.29, 0.717) is 32.1 Å². The van der Waals surface area contributed by atoms with Crippen molar-refractivity contribution in [3.8, 4) is 0 Å². The highest BCUT2D eigenvalue weighted by atomic mass is 31.2. The van der Waals surface area contributed by atoms with Crippen LogP contribution in [0.1, 0.15) is 336 Å². The first-order valence-corrected chi connectivity index (χ1v) is 41.8. The normalized spacial score (nSPS) is 14.4. The van der Waals surface area contributed by atoms with Gasteiger partial charge in [0.25, 0.3) is 0 Å². The minimum atomic E-state index is -4.99. The number of aliphatic hydroxyl groups excluding tert-OH is 1. The number of phosphoric acid groups is 2. The van der Waals surface area contributed by atoms with Crippen molar-refractivity contribution in [3.63, 3.8) is 0 Å². The Morgan fingerprint density at radius 3 is 0.847 bits per heavy atom. The predicted molar refractivity (Wildman–Crippen MR) is 399 cm³/mol. The van der Waals surface area contributed by atoms with Crippen LogP contribution in [0.15, 0.2) is 85.1 Å². The van der Waals surface area contributed by atoms with Crippen molar-refractivity contribution in [1.29, 1.82) is 0 Å². The fourth-order valence-corrected chi connectivity index (χ4v) is 11.9. The van der Waals surface area contributed by atoms with E-state index in [4.69, 9.17) is 37.0 Å². The number of ether oxygens (including phenoxy) is 4. The van der Waals surface area contributed by atoms with E-state index < -0.39 is 97.5 Å². The van der Waals surface area contributed by atoms with Crippen molar-refractivity contribution in [2.45, 2.75) is 354 Å². The summed E-state index contributed by atoms with van der Waals surface area (Å²) in [4.78, 5) is 72.8. The molecule has 0 radical (unpaired) electrons. The summed E-state index contributed by atoms with van der Waals surface area (Å²) in [6, 6.07) is 0. The molecule has 0 fully saturated rings. The zero-order chi connectivity index (χ0) is 71.8. The van der Waals surface area contributed by atoms with Crippen molar-refractivity contribution in [3.05, 3.63) is 85.1 Å². The van der Waals surface area contributed by atoms with Crippen molar-refractivity contribution in [1.82, 2.24) is 0 Å². The van der Waals surface area contributed by atoms with E-state index >= 15 is 0 Å². The summed E-state index contributed by atoms with van der Waals surface area (Å²) in [6.07, 6.45) is 72.9. The average Bonchev–Trinajstić information content (AvgIpc) is 1.02. The maximum absolute atomic E-state index is 13.1. The lowest BCUT2D eigenvalue weighted by Gasteiger charge is -2.21. The second kappa shape index (κ2) is 71.6. The minimum Gasteiger partial charge on any atom is -0.462 e. The van der Waals surface area contributed by atoms with Gasteiger partial charge in [0.15, 0.2) is 12.2 Å². The monoisotopic (exact) mass is 1420 g/mol. The maximum atomic E-state index is 13.1. The Bertz CT molecular complexity index is 2190. The van der Waals surface area contributed by atoms with Gasteiger partial charge in [0.05, 0.1) is 26.4 Å². The molecule has 0 aliphatic rings. The number of carbonyl (C=O) groups is 4. The Morgan fingerprint density at radius 2 is 0.510 bits per heavy atom. The van der Waals surface area contributed by atoms with Crippen molar-refractivity contribution in [2.75, 3.05) is 39.6 Å². The van der Waals surface area contributed by atoms with Gasteiger partial charge in [-0.1, -0.05) is 273 Å². The zero-order valence-electron chi connectivity index (χ0n) is 62.0. The van der Waals surface area contributed by atoms with Crippen molar-refractivity contribution in [2.24, 2.45) is 0 Å². The standard InChI is InChI=1S/C79H140O17P2/c1-5-9-13-17-21-25-29-33-35-36-38-42-46-50-54-58-62-66-79(84)96-75(70-90-77(82)64-60-56-52-48-44-41-37-34-30-26-22-18-14-10-6-2)72-94-98(87,88)92-68-73(80)67-91-97(85,86)93-71-74(95-78(83)65-61-57-53-49-45-40-32-28-24-20-16-12-8-4)69-89-76(81)63-59-55-51-47-43-39-31-27-23-19-15-11-7-3/h21-22,25-27,31,33-35,37-38,42,50,54,73-75,80H,5-20,23-24,28-30,32,36,39-41,43-49,51-53,55-72H2,1-4H3,(H,85,86)(H,87,88)/b25-21-,26-22-,31-27-,35-33-,37-34-,42-38-,54-50-/t73-,74-,75-/m1/s1. The molecule has 0 saturated carbocycles. The zero-order valence-corrected chi connectivity index (χ0v) is 63.7. The Hall–Kier alpha value is -3.76. The second-order valence-corrected chi connectivity index (χ2v) is 28.9. The molecule has 0 aromatic carbocycles. The van der Waals surface area contributed by atoms with E-state index in [2.05, 4.69) is 101 Å². The van der Waals surface area contributed by atoms with Crippen LogP contribution >= 0.6 is 15.6 Å². The van der Waals surface area contributed by atoms with Gasteiger partial charge >= 0.3 is 39.5 Å². The molecule has 5 atom stereocenters. The van der Waals surface area contributed by atoms with Crippen LogP contribution in [-0.4, -0.2) is 96.7 Å². The van der Waals surface area contributed by atoms with E-state index in [-0.39, 0.29) is 25.7 Å². The quantitative estimate of drug-likeness (QED) is 0.0169. The summed E-state index contributed by atoms with van der Waals surface area (Å²) in [6.45, 7) is 4.75. The molecule has 568 valence electrons. The first kappa shape index (κ1) is 94.2. The van der Waals surface area contributed by atoms with Gasteiger partial charge in [-0.25, -0.2) is 9.13 Å². The number of aliphatic hydroxyl groups is 1. The third-order valence-electron chi connectivity index (χ3n) is 16.3. The molecule has 0 saturated heterocycles. The van der Waals surface area contributed by atoms with Gasteiger partial charge in [0, 0.05) is 25.7 Å². The summed E-state index contributed by atoms with van der Waals surface area (Å²) in [5, 5.41) is 10.6. The number of carbonyl (C=O) groups excluding carboxylic acids is 4. The number of hydrogen-bond donors (Lipinski definition) is 3. The molecular weight excluding hydrogens is 1280 g/mol. The molecule has 0 heterocycles. The molecule has 0 aliphatic heterocycles. The Balaban J connectivity index is 5.40. The molecule has 0 aromatic heterocycles. The molecule has 98 heavy (non-hydrogen) atoms. The molecule has 0 rings (SSSR count). The molecule has 17 nitrogen and oxygen atoms in total. The molecule has 0 aliphatic carbocycles. The van der Waals surface area contributed by atoms with Crippen molar-refractivity contribution >= 4 is 39.5 Å². The average molecular weight is 1420 g/mol. The second-order valence-electron chi connectivity index (χ2n) is 25.9. The van der Waals surface area contributed by atoms with Crippen LogP contribution in [0.4, 0.5) is 0 Å². The van der Waals surface area contributed by atoms with Crippen LogP contribution < -0.4 is 0 Å². The third kappa shape index (κ3) is 70.7. The molecule has 2 unspecified atom stereocenters. The first-order valence-electron chi connectivity index (χ1n) is 38.8. The SMILES string of the molecule is CCCCC/C=C\C/C=C\C/C=C\C/C=C\CCCC(=O)O[C@H](COC(=O)CCCCCCC/C=C\C/C=C\CCCCC)COP(=O)(O)OC[C@H](O)COP(=O)(O)OC[C@@H](COC(=O)CCCCCCC/C=C\CCCCCC)OC(=O)CCCCCCCCCCCCCCC. The van der Waals surface area contributed by atoms with Crippen LogP contribution in [-0.2, 0) is 65.4 Å². The number of esters is 4. The lowest BCUT2D eigenvalue weighted by molar-refractivity contribution is -0.161. The largest absolute Gasteiger partial charge is 0.472 e. The lowest BCUT2D eigenvalue weighted by Crippen LogP contribution is -2.30. The highest BCUT2D eigenvalue weighted by Crippen LogP contribution is 2.45. The van der Waals surface area contributed by atoms with Crippen LogP contribution in [0, 0.1) is 0 Å². The van der Waals surface area contributed by atoms with Crippen LogP contribution in [0.2, 0.25) is 0 Å². The molecule has 3 N–H and O–H groups in total. The summed E-state index contributed by atoms with van der Waals surface area (Å²) in [5.74, 6) is -2.25. The summed E-state index contributed by atoms with van der Waals surface area (Å²) in [7, 11) is -9.96. The molecule has 0 amide bonds.